The first-order valence-electron chi connectivity index (χ1n) is 9.25. The number of benzene rings is 2. The highest BCUT2D eigenvalue weighted by molar-refractivity contribution is 7.17. The lowest BCUT2D eigenvalue weighted by Crippen LogP contribution is -2.22. The fourth-order valence-electron chi connectivity index (χ4n) is 3.31. The van der Waals surface area contributed by atoms with Crippen LogP contribution in [0, 0.1) is 13.8 Å². The molecule has 144 valence electrons. The second-order valence-electron chi connectivity index (χ2n) is 6.98. The fourth-order valence-corrected chi connectivity index (χ4v) is 4.25. The van der Waals surface area contributed by atoms with Gasteiger partial charge in [0.1, 0.15) is 5.82 Å². The molecular weight excluding hydrogens is 384 g/mol. The Morgan fingerprint density at radius 2 is 2.00 bits per heavy atom. The zero-order chi connectivity index (χ0) is 20.0. The number of imidazole rings is 1. The number of carbonyl (C=O) groups is 1. The third kappa shape index (κ3) is 3.19. The van der Waals surface area contributed by atoms with Crippen LogP contribution in [0.3, 0.4) is 0 Å². The van der Waals surface area contributed by atoms with Crippen molar-refractivity contribution in [3.63, 3.8) is 0 Å². The molecule has 3 aromatic heterocycles. The smallest absolute Gasteiger partial charge is 0.251 e. The molecule has 1 N–H and O–H groups in total. The average molecular weight is 402 g/mol. The molecule has 0 aliphatic carbocycles. The molecule has 3 heterocycles. The van der Waals surface area contributed by atoms with Crippen LogP contribution < -0.4 is 5.32 Å². The van der Waals surface area contributed by atoms with E-state index < -0.39 is 0 Å². The summed E-state index contributed by atoms with van der Waals surface area (Å²) in [6, 6.07) is 13.6. The Bertz CT molecular complexity index is 1340. The molecule has 0 atom stereocenters. The van der Waals surface area contributed by atoms with Crippen molar-refractivity contribution in [1.82, 2.24) is 19.9 Å². The molecule has 0 fully saturated rings. The fraction of sp³-hybridized carbons (Fsp3) is 0.136. The van der Waals surface area contributed by atoms with E-state index in [0.29, 0.717) is 23.7 Å². The van der Waals surface area contributed by atoms with Crippen molar-refractivity contribution < 1.29 is 9.21 Å². The van der Waals surface area contributed by atoms with E-state index in [2.05, 4.69) is 45.9 Å². The van der Waals surface area contributed by atoms with Gasteiger partial charge in [-0.3, -0.25) is 4.79 Å². The Morgan fingerprint density at radius 1 is 1.17 bits per heavy atom. The molecule has 0 unspecified atom stereocenters. The van der Waals surface area contributed by atoms with E-state index in [1.165, 1.54) is 15.6 Å². The van der Waals surface area contributed by atoms with Gasteiger partial charge in [0.05, 0.1) is 6.20 Å². The summed E-state index contributed by atoms with van der Waals surface area (Å²) >= 11 is 1.70. The molecule has 7 heteroatoms. The highest BCUT2D eigenvalue weighted by Crippen LogP contribution is 2.27. The van der Waals surface area contributed by atoms with Gasteiger partial charge in [0.2, 0.25) is 11.6 Å². The van der Waals surface area contributed by atoms with E-state index in [1.807, 2.05) is 19.1 Å². The van der Waals surface area contributed by atoms with Crippen molar-refractivity contribution in [2.45, 2.75) is 20.4 Å². The van der Waals surface area contributed by atoms with Crippen molar-refractivity contribution in [1.29, 1.82) is 0 Å². The quantitative estimate of drug-likeness (QED) is 0.471. The maximum absolute atomic E-state index is 12.6. The number of carbonyl (C=O) groups excluding carboxylic acids is 1. The molecular formula is C22H18N4O2S. The van der Waals surface area contributed by atoms with Crippen molar-refractivity contribution >= 4 is 33.0 Å². The summed E-state index contributed by atoms with van der Waals surface area (Å²) in [5, 5.41) is 10.7. The number of aryl methyl sites for hydroxylation is 2. The predicted molar refractivity (Wildman–Crippen MR) is 113 cm³/mol. The molecule has 0 saturated carbocycles. The first-order valence-corrected chi connectivity index (χ1v) is 10.1. The molecule has 0 bridgehead atoms. The van der Waals surface area contributed by atoms with Crippen LogP contribution in [-0.2, 0) is 6.54 Å². The zero-order valence-corrected chi connectivity index (χ0v) is 16.8. The topological polar surface area (TPSA) is 72.4 Å². The number of rotatable bonds is 4. The van der Waals surface area contributed by atoms with E-state index in [-0.39, 0.29) is 5.91 Å². The third-order valence-electron chi connectivity index (χ3n) is 4.91. The van der Waals surface area contributed by atoms with E-state index in [1.54, 1.807) is 34.2 Å². The normalized spacial score (nSPS) is 11.4. The molecule has 0 radical (unpaired) electrons. The Balaban J connectivity index is 1.31. The van der Waals surface area contributed by atoms with Gasteiger partial charge in [0, 0.05) is 22.4 Å². The first-order chi connectivity index (χ1) is 14.1. The number of hydrogen-bond donors (Lipinski definition) is 1. The number of fused-ring (bicyclic) bond motifs is 2. The van der Waals surface area contributed by atoms with Crippen molar-refractivity contribution in [2.75, 3.05) is 0 Å². The summed E-state index contributed by atoms with van der Waals surface area (Å²) in [5.74, 6) is 1.16. The maximum Gasteiger partial charge on any atom is 0.251 e. The van der Waals surface area contributed by atoms with Gasteiger partial charge in [0.15, 0.2) is 0 Å². The second-order valence-corrected chi connectivity index (χ2v) is 7.89. The summed E-state index contributed by atoms with van der Waals surface area (Å²) in [5.41, 5.74) is 4.36. The molecule has 29 heavy (non-hydrogen) atoms. The molecule has 5 aromatic rings. The standard InChI is InChI=1S/C22H18N4O2S/c1-13-3-8-19-18(9-13)17(12-29-19)10-24-21(27)15-4-6-16(7-5-15)22-25-26-14(2)23-11-20(26)28-22/h3-9,11-12H,10H2,1-2H3,(H,24,27). The lowest BCUT2D eigenvalue weighted by Gasteiger charge is -2.06. The molecule has 0 spiro atoms. The molecule has 0 aliphatic heterocycles. The zero-order valence-electron chi connectivity index (χ0n) is 16.0. The predicted octanol–water partition coefficient (Wildman–Crippen LogP) is 4.75. The lowest BCUT2D eigenvalue weighted by molar-refractivity contribution is 0.0951. The summed E-state index contributed by atoms with van der Waals surface area (Å²) < 4.78 is 8.60. The molecule has 0 saturated heterocycles. The van der Waals surface area contributed by atoms with Gasteiger partial charge >= 0.3 is 0 Å². The van der Waals surface area contributed by atoms with Gasteiger partial charge in [-0.05, 0) is 60.5 Å². The molecule has 6 nitrogen and oxygen atoms in total. The Morgan fingerprint density at radius 3 is 2.79 bits per heavy atom. The maximum atomic E-state index is 12.6. The second kappa shape index (κ2) is 6.86. The summed E-state index contributed by atoms with van der Waals surface area (Å²) in [4.78, 5) is 16.7. The van der Waals surface area contributed by atoms with Crippen LogP contribution in [0.4, 0.5) is 0 Å². The lowest BCUT2D eigenvalue weighted by atomic mass is 10.1. The SMILES string of the molecule is Cc1ccc2scc(CNC(=O)c3ccc(-c4nn5c(C)ncc5o4)cc3)c2c1. The number of thiophene rings is 1. The van der Waals surface area contributed by atoms with Gasteiger partial charge in [-0.1, -0.05) is 17.7 Å². The molecule has 5 rings (SSSR count). The first kappa shape index (κ1) is 17.6. The van der Waals surface area contributed by atoms with Crippen molar-refractivity contribution in [3.05, 3.63) is 76.6 Å². The minimum atomic E-state index is -0.107. The van der Waals surface area contributed by atoms with Gasteiger partial charge in [-0.2, -0.15) is 4.52 Å². The Kier molecular flexibility index (Phi) is 4.17. The monoisotopic (exact) mass is 402 g/mol. The van der Waals surface area contributed by atoms with Crippen LogP contribution in [0.25, 0.3) is 27.3 Å². The van der Waals surface area contributed by atoms with Crippen LogP contribution in [0.2, 0.25) is 0 Å². The van der Waals surface area contributed by atoms with Crippen LogP contribution in [0.1, 0.15) is 27.3 Å². The number of aromatic nitrogens is 3. The third-order valence-corrected chi connectivity index (χ3v) is 5.92. The van der Waals surface area contributed by atoms with Crippen molar-refractivity contribution in [3.8, 4) is 11.5 Å². The van der Waals surface area contributed by atoms with Crippen LogP contribution in [0.15, 0.2) is 58.5 Å². The highest BCUT2D eigenvalue weighted by Gasteiger charge is 2.12. The average Bonchev–Trinajstić information content (AvgIpc) is 3.42. The Hall–Kier alpha value is -3.45. The molecule has 0 aliphatic rings. The Labute approximate surface area is 170 Å². The number of hydrogen-bond acceptors (Lipinski definition) is 5. The molecule has 1 amide bonds. The molecule has 2 aromatic carbocycles. The van der Waals surface area contributed by atoms with Crippen LogP contribution in [-0.4, -0.2) is 20.5 Å². The van der Waals surface area contributed by atoms with Gasteiger partial charge in [0.25, 0.3) is 5.91 Å². The van der Waals surface area contributed by atoms with Crippen LogP contribution >= 0.6 is 11.3 Å². The largest absolute Gasteiger partial charge is 0.417 e. The number of amides is 1. The van der Waals surface area contributed by atoms with E-state index in [4.69, 9.17) is 4.42 Å². The van der Waals surface area contributed by atoms with Gasteiger partial charge in [-0.25, -0.2) is 4.98 Å². The highest BCUT2D eigenvalue weighted by atomic mass is 32.1. The van der Waals surface area contributed by atoms with E-state index in [0.717, 1.165) is 17.0 Å². The van der Waals surface area contributed by atoms with E-state index in [9.17, 15) is 4.79 Å². The van der Waals surface area contributed by atoms with Gasteiger partial charge < -0.3 is 9.73 Å². The van der Waals surface area contributed by atoms with Crippen molar-refractivity contribution in [2.24, 2.45) is 0 Å². The van der Waals surface area contributed by atoms with Crippen LogP contribution in [0.5, 0.6) is 0 Å². The summed E-state index contributed by atoms with van der Waals surface area (Å²) in [7, 11) is 0. The minimum Gasteiger partial charge on any atom is -0.417 e. The van der Waals surface area contributed by atoms with E-state index >= 15 is 0 Å². The van der Waals surface area contributed by atoms with Gasteiger partial charge in [-0.15, -0.1) is 16.4 Å². The summed E-state index contributed by atoms with van der Waals surface area (Å²) in [6.07, 6.45) is 1.64. The summed E-state index contributed by atoms with van der Waals surface area (Å²) in [6.45, 7) is 4.44. The minimum absolute atomic E-state index is 0.107. The number of nitrogens with one attached hydrogen (secondary N) is 1. The number of nitrogens with zero attached hydrogens (tertiary/aromatic N) is 3.